The van der Waals surface area contributed by atoms with Crippen molar-refractivity contribution in [1.29, 1.82) is 0 Å². The second-order valence-electron chi connectivity index (χ2n) is 7.54. The minimum absolute atomic E-state index is 0.0829. The predicted octanol–water partition coefficient (Wildman–Crippen LogP) is 5.46. The van der Waals surface area contributed by atoms with Crippen molar-refractivity contribution in [3.8, 4) is 0 Å². The molecule has 0 bridgehead atoms. The van der Waals surface area contributed by atoms with Crippen LogP contribution in [-0.4, -0.2) is 30.1 Å². The van der Waals surface area contributed by atoms with Crippen LogP contribution in [0.25, 0.3) is 11.0 Å². The van der Waals surface area contributed by atoms with Gasteiger partial charge in [0.15, 0.2) is 5.43 Å². The van der Waals surface area contributed by atoms with Gasteiger partial charge < -0.3 is 14.1 Å². The van der Waals surface area contributed by atoms with Crippen molar-refractivity contribution in [3.63, 3.8) is 0 Å². The fourth-order valence-corrected chi connectivity index (χ4v) is 4.07. The summed E-state index contributed by atoms with van der Waals surface area (Å²) in [4.78, 5) is 28.3. The van der Waals surface area contributed by atoms with Crippen LogP contribution in [0.5, 0.6) is 0 Å². The maximum absolute atomic E-state index is 13.4. The van der Waals surface area contributed by atoms with E-state index in [0.29, 0.717) is 46.2 Å². The molecule has 0 unspecified atom stereocenters. The van der Waals surface area contributed by atoms with Gasteiger partial charge in [0.2, 0.25) is 5.76 Å². The van der Waals surface area contributed by atoms with Crippen LogP contribution in [0.15, 0.2) is 51.7 Å². The molecule has 1 aromatic heterocycles. The molecule has 1 aliphatic heterocycles. The fraction of sp³-hybridized carbons (Fsp3) is 0.304. The Morgan fingerprint density at radius 2 is 1.77 bits per heavy atom. The summed E-state index contributed by atoms with van der Waals surface area (Å²) in [5.41, 5.74) is 1.23. The highest BCUT2D eigenvalue weighted by molar-refractivity contribution is 6.31. The van der Waals surface area contributed by atoms with E-state index in [2.05, 4.69) is 0 Å². The number of carbonyl (C=O) groups is 1. The Morgan fingerprint density at radius 1 is 1.07 bits per heavy atom. The van der Waals surface area contributed by atoms with Gasteiger partial charge in [-0.25, -0.2) is 0 Å². The van der Waals surface area contributed by atoms with Crippen molar-refractivity contribution >= 4 is 40.1 Å². The highest BCUT2D eigenvalue weighted by Crippen LogP contribution is 2.38. The van der Waals surface area contributed by atoms with Crippen LogP contribution in [0.3, 0.4) is 0 Å². The Hall–Kier alpha value is -2.34. The Labute approximate surface area is 184 Å². The lowest BCUT2D eigenvalue weighted by molar-refractivity contribution is 0.0593. The van der Waals surface area contributed by atoms with Gasteiger partial charge in [0.25, 0.3) is 5.91 Å². The summed E-state index contributed by atoms with van der Waals surface area (Å²) >= 11 is 12.1. The van der Waals surface area contributed by atoms with Gasteiger partial charge in [0.1, 0.15) is 5.58 Å². The number of carbonyl (C=O) groups excluding carboxylic acids is 1. The molecule has 7 heteroatoms. The molecule has 30 heavy (non-hydrogen) atoms. The van der Waals surface area contributed by atoms with Crippen LogP contribution < -0.4 is 5.43 Å². The third-order valence-corrected chi connectivity index (χ3v) is 5.60. The number of hydrogen-bond acceptors (Lipinski definition) is 4. The maximum atomic E-state index is 13.4. The fourth-order valence-electron chi connectivity index (χ4n) is 3.77. The van der Waals surface area contributed by atoms with E-state index in [1.165, 1.54) is 0 Å². The number of halogens is 2. The van der Waals surface area contributed by atoms with Crippen molar-refractivity contribution in [1.82, 2.24) is 4.90 Å². The molecule has 0 aliphatic carbocycles. The number of amides is 1. The molecule has 2 aromatic carbocycles. The smallest absolute Gasteiger partial charge is 0.290 e. The first kappa shape index (κ1) is 20.9. The molecule has 0 N–H and O–H groups in total. The lowest BCUT2D eigenvalue weighted by Gasteiger charge is -2.25. The van der Waals surface area contributed by atoms with Gasteiger partial charge in [-0.2, -0.15) is 0 Å². The van der Waals surface area contributed by atoms with Crippen LogP contribution in [0.2, 0.25) is 10.0 Å². The number of hydrogen-bond donors (Lipinski definition) is 0. The molecule has 5 nitrogen and oxygen atoms in total. The summed E-state index contributed by atoms with van der Waals surface area (Å²) < 4.78 is 11.5. The Morgan fingerprint density at radius 3 is 2.47 bits per heavy atom. The van der Waals surface area contributed by atoms with Crippen LogP contribution in [0.4, 0.5) is 0 Å². The molecule has 0 fully saturated rings. The van der Waals surface area contributed by atoms with E-state index in [4.69, 9.17) is 32.4 Å². The quantitative estimate of drug-likeness (QED) is 0.472. The first-order valence-electron chi connectivity index (χ1n) is 9.81. The van der Waals surface area contributed by atoms with E-state index in [1.54, 1.807) is 35.2 Å². The maximum Gasteiger partial charge on any atom is 0.290 e. The Balaban J connectivity index is 1.81. The van der Waals surface area contributed by atoms with Crippen LogP contribution in [-0.2, 0) is 4.74 Å². The van der Waals surface area contributed by atoms with Crippen LogP contribution >= 0.6 is 23.2 Å². The van der Waals surface area contributed by atoms with E-state index in [1.807, 2.05) is 26.0 Å². The van der Waals surface area contributed by atoms with Gasteiger partial charge in [-0.3, -0.25) is 9.59 Å². The van der Waals surface area contributed by atoms with Gasteiger partial charge in [0, 0.05) is 23.2 Å². The standard InChI is InChI=1S/C23H21Cl2NO4/c1-13(2)29-11-3-10-26-20(14-4-6-15(24)7-5-14)19-21(27)17-12-16(25)8-9-18(17)30-22(19)23(26)28/h4-9,12-13,20H,3,10-11H2,1-2H3/t20-/m1/s1. The van der Waals surface area contributed by atoms with E-state index in [0.717, 1.165) is 5.56 Å². The minimum atomic E-state index is -0.552. The number of ether oxygens (including phenoxy) is 1. The SMILES string of the molecule is CC(C)OCCCN1C(=O)c2oc3ccc(Cl)cc3c(=O)c2[C@H]1c1ccc(Cl)cc1. The zero-order valence-electron chi connectivity index (χ0n) is 16.7. The number of nitrogens with zero attached hydrogens (tertiary/aromatic N) is 1. The highest BCUT2D eigenvalue weighted by atomic mass is 35.5. The summed E-state index contributed by atoms with van der Waals surface area (Å²) in [6.45, 7) is 4.88. The molecule has 3 aromatic rings. The molecule has 1 aliphatic rings. The van der Waals surface area contributed by atoms with E-state index >= 15 is 0 Å². The first-order valence-corrected chi connectivity index (χ1v) is 10.6. The average Bonchev–Trinajstić information content (AvgIpc) is 2.99. The Bertz CT molecular complexity index is 1150. The molecule has 0 saturated heterocycles. The summed E-state index contributed by atoms with van der Waals surface area (Å²) in [5.74, 6) is -0.219. The van der Waals surface area contributed by atoms with Crippen molar-refractivity contribution in [2.24, 2.45) is 0 Å². The summed E-state index contributed by atoms with van der Waals surface area (Å²) in [7, 11) is 0. The topological polar surface area (TPSA) is 59.8 Å². The van der Waals surface area contributed by atoms with Crippen LogP contribution in [0, 0.1) is 0 Å². The largest absolute Gasteiger partial charge is 0.450 e. The predicted molar refractivity (Wildman–Crippen MR) is 118 cm³/mol. The minimum Gasteiger partial charge on any atom is -0.450 e. The molecule has 156 valence electrons. The monoisotopic (exact) mass is 445 g/mol. The molecule has 4 rings (SSSR count). The molecule has 1 amide bonds. The highest BCUT2D eigenvalue weighted by Gasteiger charge is 2.42. The molecule has 0 saturated carbocycles. The van der Waals surface area contributed by atoms with Crippen molar-refractivity contribution in [2.75, 3.05) is 13.2 Å². The molecule has 2 heterocycles. The summed E-state index contributed by atoms with van der Waals surface area (Å²) in [6.07, 6.45) is 0.753. The van der Waals surface area contributed by atoms with Crippen molar-refractivity contribution in [3.05, 3.63) is 79.6 Å². The second-order valence-corrected chi connectivity index (χ2v) is 8.41. The molecule has 0 spiro atoms. The van der Waals surface area contributed by atoms with E-state index < -0.39 is 6.04 Å². The molecular formula is C23H21Cl2NO4. The van der Waals surface area contributed by atoms with Gasteiger partial charge >= 0.3 is 0 Å². The third kappa shape index (κ3) is 3.85. The zero-order valence-corrected chi connectivity index (χ0v) is 18.2. The lowest BCUT2D eigenvalue weighted by Crippen LogP contribution is -2.31. The molecule has 0 radical (unpaired) electrons. The number of fused-ring (bicyclic) bond motifs is 2. The molecular weight excluding hydrogens is 425 g/mol. The van der Waals surface area contributed by atoms with Gasteiger partial charge in [-0.05, 0) is 56.2 Å². The zero-order chi connectivity index (χ0) is 21.4. The number of benzene rings is 2. The summed E-state index contributed by atoms with van der Waals surface area (Å²) in [6, 6.07) is 11.4. The van der Waals surface area contributed by atoms with Crippen molar-refractivity contribution in [2.45, 2.75) is 32.4 Å². The van der Waals surface area contributed by atoms with Gasteiger partial charge in [0.05, 0.1) is 23.1 Å². The second kappa shape index (κ2) is 8.42. The summed E-state index contributed by atoms with van der Waals surface area (Å²) in [5, 5.41) is 1.38. The molecule has 1 atom stereocenters. The average molecular weight is 446 g/mol. The van der Waals surface area contributed by atoms with Crippen LogP contribution in [0.1, 0.15) is 48.0 Å². The first-order chi connectivity index (χ1) is 14.4. The lowest BCUT2D eigenvalue weighted by atomic mass is 9.98. The third-order valence-electron chi connectivity index (χ3n) is 5.11. The van der Waals surface area contributed by atoms with Crippen molar-refractivity contribution < 1.29 is 13.9 Å². The van der Waals surface area contributed by atoms with E-state index in [-0.39, 0.29) is 23.2 Å². The van der Waals surface area contributed by atoms with E-state index in [9.17, 15) is 9.59 Å². The van der Waals surface area contributed by atoms with Gasteiger partial charge in [-0.1, -0.05) is 35.3 Å². The normalized spacial score (nSPS) is 16.0. The Kier molecular flexibility index (Phi) is 5.87. The van der Waals surface area contributed by atoms with Gasteiger partial charge in [-0.15, -0.1) is 0 Å². The number of rotatable bonds is 6.